The number of ketones is 2. The first-order valence-corrected chi connectivity index (χ1v) is 7.88. The predicted molar refractivity (Wildman–Crippen MR) is 84.5 cm³/mol. The van der Waals surface area contributed by atoms with Crippen LogP contribution in [0.15, 0.2) is 35.9 Å². The first kappa shape index (κ1) is 14.5. The van der Waals surface area contributed by atoms with Crippen LogP contribution in [0.25, 0.3) is 11.6 Å². The van der Waals surface area contributed by atoms with Gasteiger partial charge in [0.25, 0.3) is 0 Å². The minimum atomic E-state index is -1.39. The van der Waals surface area contributed by atoms with Crippen molar-refractivity contribution in [2.24, 2.45) is 11.8 Å². The van der Waals surface area contributed by atoms with E-state index < -0.39 is 29.2 Å². The first-order chi connectivity index (χ1) is 10.9. The third kappa shape index (κ3) is 1.98. The topological polar surface area (TPSA) is 74.6 Å². The monoisotopic (exact) mass is 310 g/mol. The van der Waals surface area contributed by atoms with E-state index in [1.807, 2.05) is 31.2 Å². The number of aliphatic hydroxyl groups excluding tert-OH is 1. The second-order valence-electron chi connectivity index (χ2n) is 6.87. The van der Waals surface area contributed by atoms with E-state index in [0.717, 1.165) is 21.6 Å². The van der Waals surface area contributed by atoms with Crippen molar-refractivity contribution in [1.29, 1.82) is 0 Å². The van der Waals surface area contributed by atoms with Crippen molar-refractivity contribution < 1.29 is 19.8 Å². The van der Waals surface area contributed by atoms with E-state index in [1.54, 1.807) is 6.08 Å². The van der Waals surface area contributed by atoms with Gasteiger partial charge in [0.2, 0.25) is 11.6 Å². The van der Waals surface area contributed by atoms with Gasteiger partial charge in [0.1, 0.15) is 6.10 Å². The molecule has 1 aromatic rings. The van der Waals surface area contributed by atoms with Gasteiger partial charge in [-0.3, -0.25) is 9.59 Å². The molecule has 0 amide bonds. The first-order valence-electron chi connectivity index (χ1n) is 7.88. The SMILES string of the molecule is CC1=c2ccccc2=CC2=CC3C(=O)C(=O)C(O)CC3(O)CC21. The van der Waals surface area contributed by atoms with E-state index in [-0.39, 0.29) is 12.3 Å². The zero-order chi connectivity index (χ0) is 16.4. The van der Waals surface area contributed by atoms with E-state index in [1.165, 1.54) is 0 Å². The van der Waals surface area contributed by atoms with Gasteiger partial charge in [-0.25, -0.2) is 0 Å². The van der Waals surface area contributed by atoms with Gasteiger partial charge in [-0.05, 0) is 29.4 Å². The van der Waals surface area contributed by atoms with Crippen LogP contribution in [-0.4, -0.2) is 33.5 Å². The Kier molecular flexibility index (Phi) is 2.99. The van der Waals surface area contributed by atoms with Gasteiger partial charge in [-0.1, -0.05) is 42.0 Å². The number of aliphatic hydroxyl groups is 2. The molecule has 1 fully saturated rings. The maximum Gasteiger partial charge on any atom is 0.227 e. The zero-order valence-corrected chi connectivity index (χ0v) is 12.8. The molecule has 4 nitrogen and oxygen atoms in total. The lowest BCUT2D eigenvalue weighted by atomic mass is 9.62. The van der Waals surface area contributed by atoms with Crippen molar-refractivity contribution in [3.8, 4) is 0 Å². The van der Waals surface area contributed by atoms with E-state index in [2.05, 4.69) is 6.07 Å². The predicted octanol–water partition coefficient (Wildman–Crippen LogP) is -0.152. The summed E-state index contributed by atoms with van der Waals surface area (Å²) in [7, 11) is 0. The normalized spacial score (nSPS) is 35.7. The van der Waals surface area contributed by atoms with Gasteiger partial charge in [0, 0.05) is 12.3 Å². The summed E-state index contributed by atoms with van der Waals surface area (Å²) in [6.07, 6.45) is 2.67. The molecule has 0 aromatic heterocycles. The minimum Gasteiger partial charge on any atom is -0.389 e. The molecule has 4 atom stereocenters. The summed E-state index contributed by atoms with van der Waals surface area (Å²) in [6.45, 7) is 2.04. The quantitative estimate of drug-likeness (QED) is 0.654. The summed E-state index contributed by atoms with van der Waals surface area (Å²) in [5.41, 5.74) is 0.786. The molecule has 4 unspecified atom stereocenters. The van der Waals surface area contributed by atoms with Crippen molar-refractivity contribution in [2.45, 2.75) is 31.5 Å². The van der Waals surface area contributed by atoms with Crippen LogP contribution in [0, 0.1) is 11.8 Å². The fraction of sp³-hybridized carbons (Fsp3) is 0.368. The second kappa shape index (κ2) is 4.73. The standard InChI is InChI=1S/C19H18O4/c1-10-13-5-3-2-4-11(13)6-12-7-15-17(21)18(22)16(20)9-19(15,23)8-14(10)12/h2-7,14-16,20,23H,8-9H2,1H3. The van der Waals surface area contributed by atoms with Crippen LogP contribution in [0.3, 0.4) is 0 Å². The molecule has 0 radical (unpaired) electrons. The molecule has 4 heteroatoms. The lowest BCUT2D eigenvalue weighted by molar-refractivity contribution is -0.159. The molecule has 118 valence electrons. The fourth-order valence-electron chi connectivity index (χ4n) is 4.24. The number of hydrogen-bond acceptors (Lipinski definition) is 4. The molecule has 0 aliphatic heterocycles. The summed E-state index contributed by atoms with van der Waals surface area (Å²) in [6, 6.07) is 8.03. The Morgan fingerprint density at radius 3 is 2.65 bits per heavy atom. The number of fused-ring (bicyclic) bond motifs is 3. The molecule has 3 aliphatic rings. The highest BCUT2D eigenvalue weighted by Crippen LogP contribution is 2.45. The summed E-state index contributed by atoms with van der Waals surface area (Å²) in [5.74, 6) is -2.30. The largest absolute Gasteiger partial charge is 0.389 e. The Balaban J connectivity index is 1.90. The summed E-state index contributed by atoms with van der Waals surface area (Å²) < 4.78 is 0. The van der Waals surface area contributed by atoms with Crippen molar-refractivity contribution in [3.05, 3.63) is 46.4 Å². The maximum absolute atomic E-state index is 12.2. The average Bonchev–Trinajstić information content (AvgIpc) is 2.53. The third-order valence-corrected chi connectivity index (χ3v) is 5.50. The molecule has 0 bridgehead atoms. The Bertz CT molecular complexity index is 879. The number of Topliss-reactive ketones (excluding diaryl/α,β-unsaturated/α-hetero) is 2. The van der Waals surface area contributed by atoms with Crippen LogP contribution in [-0.2, 0) is 9.59 Å². The molecular weight excluding hydrogens is 292 g/mol. The van der Waals surface area contributed by atoms with E-state index >= 15 is 0 Å². The highest BCUT2D eigenvalue weighted by molar-refractivity contribution is 6.41. The Labute approximate surface area is 133 Å². The van der Waals surface area contributed by atoms with Crippen LogP contribution in [0.2, 0.25) is 0 Å². The smallest absolute Gasteiger partial charge is 0.227 e. The summed E-state index contributed by atoms with van der Waals surface area (Å²) in [5, 5.41) is 23.0. The summed E-state index contributed by atoms with van der Waals surface area (Å²) >= 11 is 0. The van der Waals surface area contributed by atoms with Crippen molar-refractivity contribution in [2.75, 3.05) is 0 Å². The summed E-state index contributed by atoms with van der Waals surface area (Å²) in [4.78, 5) is 24.0. The zero-order valence-electron chi connectivity index (χ0n) is 12.8. The van der Waals surface area contributed by atoms with Gasteiger partial charge >= 0.3 is 0 Å². The van der Waals surface area contributed by atoms with E-state index in [4.69, 9.17) is 0 Å². The molecule has 4 rings (SSSR count). The van der Waals surface area contributed by atoms with Gasteiger partial charge in [0.05, 0.1) is 11.5 Å². The van der Waals surface area contributed by atoms with Crippen molar-refractivity contribution in [1.82, 2.24) is 0 Å². The highest BCUT2D eigenvalue weighted by Gasteiger charge is 2.53. The van der Waals surface area contributed by atoms with Crippen molar-refractivity contribution >= 4 is 23.2 Å². The van der Waals surface area contributed by atoms with E-state index in [9.17, 15) is 19.8 Å². The van der Waals surface area contributed by atoms with Crippen LogP contribution in [0.1, 0.15) is 19.8 Å². The maximum atomic E-state index is 12.2. The Hall–Kier alpha value is -2.04. The average molecular weight is 310 g/mol. The fourth-order valence-corrected chi connectivity index (χ4v) is 4.24. The van der Waals surface area contributed by atoms with Gasteiger partial charge in [-0.2, -0.15) is 0 Å². The number of rotatable bonds is 0. The molecule has 1 saturated carbocycles. The van der Waals surface area contributed by atoms with Gasteiger partial charge in [-0.15, -0.1) is 0 Å². The highest BCUT2D eigenvalue weighted by atomic mass is 16.3. The van der Waals surface area contributed by atoms with Crippen LogP contribution in [0.4, 0.5) is 0 Å². The molecule has 0 heterocycles. The Morgan fingerprint density at radius 2 is 1.87 bits per heavy atom. The van der Waals surface area contributed by atoms with Crippen LogP contribution < -0.4 is 10.4 Å². The molecular formula is C19H18O4. The number of benzene rings is 1. The van der Waals surface area contributed by atoms with Crippen LogP contribution >= 0.6 is 0 Å². The lowest BCUT2D eigenvalue weighted by Gasteiger charge is -2.45. The molecule has 0 saturated heterocycles. The minimum absolute atomic E-state index is 0.0133. The van der Waals surface area contributed by atoms with Crippen LogP contribution in [0.5, 0.6) is 0 Å². The second-order valence-corrected chi connectivity index (χ2v) is 6.87. The lowest BCUT2D eigenvalue weighted by Crippen LogP contribution is -2.57. The number of hydrogen-bond donors (Lipinski definition) is 2. The molecule has 0 spiro atoms. The molecule has 3 aliphatic carbocycles. The van der Waals surface area contributed by atoms with Gasteiger partial charge < -0.3 is 10.2 Å². The number of carbonyl (C=O) groups excluding carboxylic acids is 2. The number of allylic oxidation sites excluding steroid dienone is 1. The molecule has 1 aromatic carbocycles. The molecule has 2 N–H and O–H groups in total. The third-order valence-electron chi connectivity index (χ3n) is 5.50. The van der Waals surface area contributed by atoms with Crippen molar-refractivity contribution in [3.63, 3.8) is 0 Å². The Morgan fingerprint density at radius 1 is 1.13 bits per heavy atom. The molecule has 23 heavy (non-hydrogen) atoms. The number of carbonyl (C=O) groups is 2. The van der Waals surface area contributed by atoms with Gasteiger partial charge in [0.15, 0.2) is 0 Å². The van der Waals surface area contributed by atoms with E-state index in [0.29, 0.717) is 6.42 Å².